The van der Waals surface area contributed by atoms with Crippen molar-refractivity contribution in [2.75, 3.05) is 0 Å². The molecule has 176 valence electrons. The molecule has 5 N–H and O–H groups in total. The van der Waals surface area contributed by atoms with Crippen LogP contribution >= 0.6 is 11.6 Å². The summed E-state index contributed by atoms with van der Waals surface area (Å²) in [6.45, 7) is 0.204. The van der Waals surface area contributed by atoms with Crippen molar-refractivity contribution >= 4 is 11.6 Å². The zero-order valence-corrected chi connectivity index (χ0v) is 18.2. The van der Waals surface area contributed by atoms with Gasteiger partial charge in [0.1, 0.15) is 35.7 Å². The van der Waals surface area contributed by atoms with Crippen LogP contribution in [0.25, 0.3) is 22.4 Å². The Hall–Kier alpha value is -3.53. The third kappa shape index (κ3) is 5.01. The number of alkyl halides is 3. The number of nitrogens with zero attached hydrogens (tertiary/aromatic N) is 1. The number of nitrogens with two attached hydrogens (primary N) is 1. The van der Waals surface area contributed by atoms with Gasteiger partial charge in [0.15, 0.2) is 0 Å². The standard InChI is InChI=1S/C24H19ClF3N3O3/c25-16-6-4-13(5-7-16)12-34-17-8-9-18(19(32)11-17)21-20(22(31-30-21)24(26,27)28)14-2-1-3-15(10-14)23(29)33/h1-11,23,32-33H,12,29H2,(H,30,31). The minimum Gasteiger partial charge on any atom is -0.507 e. The summed E-state index contributed by atoms with van der Waals surface area (Å²) >= 11 is 5.86. The quantitative estimate of drug-likeness (QED) is 0.262. The summed E-state index contributed by atoms with van der Waals surface area (Å²) in [7, 11) is 0. The van der Waals surface area contributed by atoms with Crippen LogP contribution in [-0.2, 0) is 12.8 Å². The van der Waals surface area contributed by atoms with Crippen molar-refractivity contribution in [1.29, 1.82) is 0 Å². The lowest BCUT2D eigenvalue weighted by atomic mass is 9.96. The number of nitrogens with one attached hydrogen (secondary N) is 1. The van der Waals surface area contributed by atoms with Crippen LogP contribution in [0.2, 0.25) is 5.02 Å². The summed E-state index contributed by atoms with van der Waals surface area (Å²) in [6, 6.07) is 17.0. The monoisotopic (exact) mass is 489 g/mol. The van der Waals surface area contributed by atoms with Crippen molar-refractivity contribution in [3.63, 3.8) is 0 Å². The predicted octanol–water partition coefficient (Wildman–Crippen LogP) is 5.65. The van der Waals surface area contributed by atoms with E-state index in [1.807, 2.05) is 5.10 Å². The predicted molar refractivity (Wildman–Crippen MR) is 121 cm³/mol. The second kappa shape index (κ2) is 9.38. The van der Waals surface area contributed by atoms with E-state index in [0.717, 1.165) is 5.56 Å². The molecule has 1 unspecified atom stereocenters. The Morgan fingerprint density at radius 1 is 1.06 bits per heavy atom. The summed E-state index contributed by atoms with van der Waals surface area (Å²) in [6.07, 6.45) is -6.11. The van der Waals surface area contributed by atoms with E-state index < -0.39 is 18.1 Å². The van der Waals surface area contributed by atoms with E-state index in [-0.39, 0.29) is 40.3 Å². The van der Waals surface area contributed by atoms with Gasteiger partial charge in [0.05, 0.1) is 0 Å². The Morgan fingerprint density at radius 3 is 2.44 bits per heavy atom. The van der Waals surface area contributed by atoms with Gasteiger partial charge in [-0.2, -0.15) is 18.3 Å². The van der Waals surface area contributed by atoms with Crippen LogP contribution in [0.15, 0.2) is 66.7 Å². The van der Waals surface area contributed by atoms with Crippen LogP contribution in [0.4, 0.5) is 13.2 Å². The van der Waals surface area contributed by atoms with Crippen LogP contribution in [-0.4, -0.2) is 20.4 Å². The van der Waals surface area contributed by atoms with Crippen molar-refractivity contribution in [2.45, 2.75) is 19.0 Å². The van der Waals surface area contributed by atoms with E-state index in [2.05, 4.69) is 5.10 Å². The van der Waals surface area contributed by atoms with Gasteiger partial charge in [-0.15, -0.1) is 0 Å². The number of phenolic OH excluding ortho intramolecular Hbond substituents is 1. The number of H-pyrrole nitrogens is 1. The first-order valence-electron chi connectivity index (χ1n) is 10.0. The average Bonchev–Trinajstić information content (AvgIpc) is 3.24. The van der Waals surface area contributed by atoms with E-state index in [9.17, 15) is 23.4 Å². The topological polar surface area (TPSA) is 104 Å². The number of aromatic amines is 1. The smallest absolute Gasteiger partial charge is 0.433 e. The molecule has 0 radical (unpaired) electrons. The fraction of sp³-hybridized carbons (Fsp3) is 0.125. The van der Waals surface area contributed by atoms with E-state index in [0.29, 0.717) is 10.8 Å². The van der Waals surface area contributed by atoms with Crippen LogP contribution in [0.1, 0.15) is 23.0 Å². The molecule has 4 aromatic rings. The number of rotatable bonds is 6. The van der Waals surface area contributed by atoms with Gasteiger partial charge in [0, 0.05) is 22.2 Å². The lowest BCUT2D eigenvalue weighted by Gasteiger charge is -2.13. The minimum absolute atomic E-state index is 0.0688. The lowest BCUT2D eigenvalue weighted by molar-refractivity contribution is -0.140. The molecule has 0 aliphatic rings. The van der Waals surface area contributed by atoms with Crippen LogP contribution in [0.5, 0.6) is 11.5 Å². The molecule has 0 amide bonds. The Kier molecular flexibility index (Phi) is 6.52. The van der Waals surface area contributed by atoms with Gasteiger partial charge >= 0.3 is 6.18 Å². The fourth-order valence-corrected chi connectivity index (χ4v) is 3.58. The SMILES string of the molecule is NC(O)c1cccc(-c2c(-c3ccc(OCc4ccc(Cl)cc4)cc3O)n[nH]c2C(F)(F)F)c1. The Bertz CT molecular complexity index is 1310. The molecule has 0 saturated heterocycles. The van der Waals surface area contributed by atoms with Gasteiger partial charge in [-0.25, -0.2) is 0 Å². The van der Waals surface area contributed by atoms with Crippen LogP contribution in [0.3, 0.4) is 0 Å². The molecule has 0 aliphatic carbocycles. The molecule has 3 aromatic carbocycles. The van der Waals surface area contributed by atoms with Gasteiger partial charge in [-0.05, 0) is 47.0 Å². The molecule has 0 aliphatic heterocycles. The molecule has 1 heterocycles. The second-order valence-electron chi connectivity index (χ2n) is 7.48. The molecule has 1 atom stereocenters. The Morgan fingerprint density at radius 2 is 1.79 bits per heavy atom. The lowest BCUT2D eigenvalue weighted by Crippen LogP contribution is -2.09. The highest BCUT2D eigenvalue weighted by molar-refractivity contribution is 6.30. The zero-order valence-electron chi connectivity index (χ0n) is 17.5. The molecule has 0 bridgehead atoms. The number of aliphatic hydroxyl groups excluding tert-OH is 1. The normalized spacial score (nSPS) is 12.5. The summed E-state index contributed by atoms with van der Waals surface area (Å²) in [5.41, 5.74) is 5.27. The first kappa shape index (κ1) is 23.6. The number of hydrogen-bond donors (Lipinski definition) is 4. The van der Waals surface area contributed by atoms with Crippen LogP contribution in [0, 0.1) is 0 Å². The number of halogens is 4. The molecule has 6 nitrogen and oxygen atoms in total. The zero-order chi connectivity index (χ0) is 24.5. The molecular formula is C24H19ClF3N3O3. The highest BCUT2D eigenvalue weighted by atomic mass is 35.5. The first-order valence-corrected chi connectivity index (χ1v) is 10.4. The molecule has 34 heavy (non-hydrogen) atoms. The number of phenols is 1. The van der Waals surface area contributed by atoms with Crippen molar-refractivity contribution in [2.24, 2.45) is 5.73 Å². The van der Waals surface area contributed by atoms with Gasteiger partial charge in [0.2, 0.25) is 0 Å². The van der Waals surface area contributed by atoms with Gasteiger partial charge in [-0.3, -0.25) is 5.10 Å². The van der Waals surface area contributed by atoms with Crippen molar-refractivity contribution in [3.8, 4) is 33.9 Å². The number of hydrogen-bond acceptors (Lipinski definition) is 5. The van der Waals surface area contributed by atoms with E-state index in [1.165, 1.54) is 42.5 Å². The van der Waals surface area contributed by atoms with Crippen molar-refractivity contribution < 1.29 is 28.1 Å². The maximum Gasteiger partial charge on any atom is 0.433 e. The largest absolute Gasteiger partial charge is 0.507 e. The van der Waals surface area contributed by atoms with Gasteiger partial charge < -0.3 is 20.7 Å². The summed E-state index contributed by atoms with van der Waals surface area (Å²) in [4.78, 5) is 0. The maximum absolute atomic E-state index is 13.7. The van der Waals surface area contributed by atoms with Gasteiger partial charge in [-0.1, -0.05) is 41.9 Å². The molecule has 4 rings (SSSR count). The molecule has 0 spiro atoms. The molecule has 10 heteroatoms. The molecular weight excluding hydrogens is 471 g/mol. The first-order chi connectivity index (χ1) is 16.1. The number of ether oxygens (including phenoxy) is 1. The second-order valence-corrected chi connectivity index (χ2v) is 7.92. The number of aromatic hydroxyl groups is 1. The van der Waals surface area contributed by atoms with Crippen molar-refractivity contribution in [1.82, 2.24) is 10.2 Å². The highest BCUT2D eigenvalue weighted by Crippen LogP contribution is 2.44. The van der Waals surface area contributed by atoms with Gasteiger partial charge in [0.25, 0.3) is 0 Å². The minimum atomic E-state index is -4.74. The third-order valence-electron chi connectivity index (χ3n) is 5.11. The number of aromatic nitrogens is 2. The summed E-state index contributed by atoms with van der Waals surface area (Å²) < 4.78 is 46.9. The number of aliphatic hydroxyl groups is 1. The molecule has 0 saturated carbocycles. The third-order valence-corrected chi connectivity index (χ3v) is 5.36. The highest BCUT2D eigenvalue weighted by Gasteiger charge is 2.38. The fourth-order valence-electron chi connectivity index (χ4n) is 3.45. The van der Waals surface area contributed by atoms with Crippen molar-refractivity contribution in [3.05, 3.63) is 88.6 Å². The van der Waals surface area contributed by atoms with E-state index in [4.69, 9.17) is 22.1 Å². The maximum atomic E-state index is 13.7. The summed E-state index contributed by atoms with van der Waals surface area (Å²) in [5, 5.41) is 26.7. The van der Waals surface area contributed by atoms with E-state index >= 15 is 0 Å². The average molecular weight is 490 g/mol. The summed E-state index contributed by atoms with van der Waals surface area (Å²) in [5.74, 6) is 0.00248. The Labute approximate surface area is 197 Å². The molecule has 1 aromatic heterocycles. The van der Waals surface area contributed by atoms with E-state index in [1.54, 1.807) is 24.3 Å². The molecule has 0 fully saturated rings. The Balaban J connectivity index is 1.71. The van der Waals surface area contributed by atoms with Crippen LogP contribution < -0.4 is 10.5 Å². The number of benzene rings is 3.